The number of aryl methyl sites for hydroxylation is 2. The van der Waals surface area contributed by atoms with Crippen molar-refractivity contribution in [3.63, 3.8) is 0 Å². The van der Waals surface area contributed by atoms with Gasteiger partial charge in [0.15, 0.2) is 0 Å². The SMILES string of the molecule is CCCCC/C=C\[C@@H]1C[C@H](Oc2ccc(C)cc2)[C@@H](COc2ccc(C)cc2)O1. The molecule has 3 heteroatoms. The van der Waals surface area contributed by atoms with Gasteiger partial charge >= 0.3 is 0 Å². The highest BCUT2D eigenvalue weighted by molar-refractivity contribution is 5.27. The van der Waals surface area contributed by atoms with E-state index in [2.05, 4.69) is 57.2 Å². The van der Waals surface area contributed by atoms with Crippen LogP contribution in [0.15, 0.2) is 60.7 Å². The topological polar surface area (TPSA) is 27.7 Å². The molecule has 1 aliphatic rings. The van der Waals surface area contributed by atoms with Gasteiger partial charge in [-0.15, -0.1) is 0 Å². The maximum absolute atomic E-state index is 6.29. The molecule has 1 aliphatic heterocycles. The van der Waals surface area contributed by atoms with Gasteiger partial charge in [0.25, 0.3) is 0 Å². The smallest absolute Gasteiger partial charge is 0.131 e. The van der Waals surface area contributed by atoms with Crippen LogP contribution in [-0.2, 0) is 4.74 Å². The van der Waals surface area contributed by atoms with Crippen LogP contribution in [0.5, 0.6) is 11.5 Å². The Kier molecular flexibility index (Phi) is 8.18. The molecule has 3 nitrogen and oxygen atoms in total. The second-order valence-electron chi connectivity index (χ2n) is 7.97. The van der Waals surface area contributed by atoms with E-state index in [-0.39, 0.29) is 18.3 Å². The van der Waals surface area contributed by atoms with Crippen LogP contribution in [0.25, 0.3) is 0 Å². The second-order valence-corrected chi connectivity index (χ2v) is 7.97. The van der Waals surface area contributed by atoms with Gasteiger partial charge in [0.2, 0.25) is 0 Å². The van der Waals surface area contributed by atoms with E-state index in [0.717, 1.165) is 24.3 Å². The van der Waals surface area contributed by atoms with E-state index in [1.165, 1.54) is 30.4 Å². The summed E-state index contributed by atoms with van der Waals surface area (Å²) in [5, 5.41) is 0. The van der Waals surface area contributed by atoms with E-state index in [0.29, 0.717) is 6.61 Å². The van der Waals surface area contributed by atoms with Gasteiger partial charge in [-0.05, 0) is 51.0 Å². The third-order valence-electron chi connectivity index (χ3n) is 5.30. The van der Waals surface area contributed by atoms with Crippen molar-refractivity contribution in [2.24, 2.45) is 0 Å². The molecule has 2 aromatic rings. The van der Waals surface area contributed by atoms with Gasteiger partial charge in [-0.3, -0.25) is 0 Å². The molecule has 0 amide bonds. The van der Waals surface area contributed by atoms with Gasteiger partial charge in [0.1, 0.15) is 30.3 Å². The fourth-order valence-corrected chi connectivity index (χ4v) is 3.51. The van der Waals surface area contributed by atoms with Gasteiger partial charge in [-0.25, -0.2) is 0 Å². The summed E-state index contributed by atoms with van der Waals surface area (Å²) < 4.78 is 18.6. The minimum atomic E-state index is -0.0945. The minimum absolute atomic E-state index is 0.0200. The molecule has 0 aromatic heterocycles. The summed E-state index contributed by atoms with van der Waals surface area (Å²) in [7, 11) is 0. The summed E-state index contributed by atoms with van der Waals surface area (Å²) in [6.45, 7) is 6.88. The Morgan fingerprint density at radius 2 is 1.59 bits per heavy atom. The van der Waals surface area contributed by atoms with Crippen LogP contribution in [0.2, 0.25) is 0 Å². The number of benzene rings is 2. The van der Waals surface area contributed by atoms with E-state index in [4.69, 9.17) is 14.2 Å². The molecule has 0 unspecified atom stereocenters. The van der Waals surface area contributed by atoms with Crippen molar-refractivity contribution in [2.75, 3.05) is 6.61 Å². The van der Waals surface area contributed by atoms with E-state index in [9.17, 15) is 0 Å². The van der Waals surface area contributed by atoms with E-state index < -0.39 is 0 Å². The first-order valence-corrected chi connectivity index (χ1v) is 10.9. The Morgan fingerprint density at radius 1 is 0.931 bits per heavy atom. The minimum Gasteiger partial charge on any atom is -0.491 e. The van der Waals surface area contributed by atoms with Gasteiger partial charge in [-0.1, -0.05) is 67.3 Å². The number of hydrogen-bond acceptors (Lipinski definition) is 3. The van der Waals surface area contributed by atoms with Crippen LogP contribution in [0.3, 0.4) is 0 Å². The molecular formula is C26H34O3. The lowest BCUT2D eigenvalue weighted by molar-refractivity contribution is 0.00287. The first-order chi connectivity index (χ1) is 14.1. The number of hydrogen-bond donors (Lipinski definition) is 0. The van der Waals surface area contributed by atoms with Crippen LogP contribution >= 0.6 is 0 Å². The Hall–Kier alpha value is -2.26. The summed E-state index contributed by atoms with van der Waals surface area (Å²) in [4.78, 5) is 0. The average molecular weight is 395 g/mol. The molecule has 0 saturated carbocycles. The third kappa shape index (κ3) is 6.93. The molecule has 1 fully saturated rings. The highest BCUT2D eigenvalue weighted by Crippen LogP contribution is 2.27. The van der Waals surface area contributed by atoms with Crippen LogP contribution in [0.1, 0.15) is 50.2 Å². The van der Waals surface area contributed by atoms with E-state index >= 15 is 0 Å². The quantitative estimate of drug-likeness (QED) is 0.343. The Labute approximate surface area is 175 Å². The fourth-order valence-electron chi connectivity index (χ4n) is 3.51. The predicted octanol–water partition coefficient (Wildman–Crippen LogP) is 6.42. The molecular weight excluding hydrogens is 360 g/mol. The molecule has 3 rings (SSSR count). The van der Waals surface area contributed by atoms with E-state index in [1.54, 1.807) is 0 Å². The Morgan fingerprint density at radius 3 is 2.24 bits per heavy atom. The lowest BCUT2D eigenvalue weighted by atomic mass is 10.1. The van der Waals surface area contributed by atoms with Gasteiger partial charge < -0.3 is 14.2 Å². The second kappa shape index (κ2) is 11.1. The van der Waals surface area contributed by atoms with Crippen molar-refractivity contribution in [1.29, 1.82) is 0 Å². The summed E-state index contributed by atoms with van der Waals surface area (Å²) in [5.74, 6) is 1.75. The number of rotatable bonds is 10. The van der Waals surface area contributed by atoms with Crippen molar-refractivity contribution >= 4 is 0 Å². The molecule has 1 heterocycles. The molecule has 0 spiro atoms. The molecule has 3 atom stereocenters. The van der Waals surface area contributed by atoms with Gasteiger partial charge in [0.05, 0.1) is 6.10 Å². The summed E-state index contributed by atoms with van der Waals surface area (Å²) in [5.41, 5.74) is 2.45. The maximum Gasteiger partial charge on any atom is 0.131 e. The molecule has 2 aromatic carbocycles. The van der Waals surface area contributed by atoms with Crippen LogP contribution < -0.4 is 9.47 Å². The normalized spacial score (nSPS) is 21.6. The van der Waals surface area contributed by atoms with Crippen LogP contribution in [-0.4, -0.2) is 24.9 Å². The summed E-state index contributed by atoms with van der Waals surface area (Å²) >= 11 is 0. The lowest BCUT2D eigenvalue weighted by Crippen LogP contribution is -2.32. The molecule has 1 saturated heterocycles. The molecule has 0 N–H and O–H groups in total. The Balaban J connectivity index is 1.60. The van der Waals surface area contributed by atoms with Gasteiger partial charge in [0, 0.05) is 6.42 Å². The number of ether oxygens (including phenoxy) is 3. The van der Waals surface area contributed by atoms with Gasteiger partial charge in [-0.2, -0.15) is 0 Å². The third-order valence-corrected chi connectivity index (χ3v) is 5.30. The molecule has 0 radical (unpaired) electrons. The summed E-state index contributed by atoms with van der Waals surface area (Å²) in [6, 6.07) is 16.3. The van der Waals surface area contributed by atoms with Crippen molar-refractivity contribution < 1.29 is 14.2 Å². The van der Waals surface area contributed by atoms with Crippen molar-refractivity contribution in [2.45, 2.75) is 71.2 Å². The van der Waals surface area contributed by atoms with Crippen molar-refractivity contribution in [1.82, 2.24) is 0 Å². The fraction of sp³-hybridized carbons (Fsp3) is 0.462. The van der Waals surface area contributed by atoms with E-state index in [1.807, 2.05) is 24.3 Å². The summed E-state index contributed by atoms with van der Waals surface area (Å²) in [6.07, 6.45) is 10.2. The van der Waals surface area contributed by atoms with Crippen LogP contribution in [0.4, 0.5) is 0 Å². The molecule has 29 heavy (non-hydrogen) atoms. The maximum atomic E-state index is 6.29. The first kappa shape index (κ1) is 21.4. The lowest BCUT2D eigenvalue weighted by Gasteiger charge is -2.20. The number of allylic oxidation sites excluding steroid dienone is 1. The van der Waals surface area contributed by atoms with Crippen LogP contribution in [0, 0.1) is 13.8 Å². The zero-order valence-corrected chi connectivity index (χ0v) is 18.0. The van der Waals surface area contributed by atoms with Crippen molar-refractivity contribution in [3.8, 4) is 11.5 Å². The molecule has 0 aliphatic carbocycles. The molecule has 156 valence electrons. The standard InChI is InChI=1S/C26H34O3/c1-4-5-6-7-8-9-24-18-25(28-23-16-12-21(3)13-17-23)26(29-24)19-27-22-14-10-20(2)11-15-22/h8-17,24-26H,4-7,18-19H2,1-3H3/b9-8-/t24-,25+,26-/m1/s1. The zero-order valence-electron chi connectivity index (χ0n) is 18.0. The first-order valence-electron chi connectivity index (χ1n) is 10.9. The number of unbranched alkanes of at least 4 members (excludes halogenated alkanes) is 3. The monoisotopic (exact) mass is 394 g/mol. The highest BCUT2D eigenvalue weighted by Gasteiger charge is 2.36. The predicted molar refractivity (Wildman–Crippen MR) is 119 cm³/mol. The molecule has 0 bridgehead atoms. The average Bonchev–Trinajstić information content (AvgIpc) is 3.10. The van der Waals surface area contributed by atoms with Crippen molar-refractivity contribution in [3.05, 3.63) is 71.8 Å². The Bertz CT molecular complexity index is 749. The largest absolute Gasteiger partial charge is 0.491 e. The highest BCUT2D eigenvalue weighted by atomic mass is 16.6. The zero-order chi connectivity index (χ0) is 20.5.